The quantitative estimate of drug-likeness (QED) is 0.529. The Morgan fingerprint density at radius 1 is 0.739 bits per heavy atom. The monoisotopic (exact) mass is 319 g/mol. The zero-order chi connectivity index (χ0) is 16.0. The van der Waals surface area contributed by atoms with Gasteiger partial charge in [0.25, 0.3) is 0 Å². The third-order valence-electron chi connectivity index (χ3n) is 3.95. The van der Waals surface area contributed by atoms with Gasteiger partial charge in [0.1, 0.15) is 0 Å². The van der Waals surface area contributed by atoms with Crippen LogP contribution in [-0.2, 0) is 0 Å². The average Bonchev–Trinajstić information content (AvgIpc) is 2.60. The summed E-state index contributed by atoms with van der Waals surface area (Å²) in [6.45, 7) is 0. The van der Waals surface area contributed by atoms with Gasteiger partial charge in [-0.1, -0.05) is 48.0 Å². The van der Waals surface area contributed by atoms with Crippen LogP contribution >= 0.6 is 11.6 Å². The van der Waals surface area contributed by atoms with Crippen molar-refractivity contribution in [2.45, 2.75) is 0 Å². The van der Waals surface area contributed by atoms with Crippen LogP contribution in [0.15, 0.2) is 60.8 Å². The van der Waals surface area contributed by atoms with Crippen LogP contribution in [0.4, 0.5) is 0 Å². The molecule has 4 heteroatoms. The minimum Gasteiger partial charge on any atom is -0.289 e. The first-order valence-corrected chi connectivity index (χ1v) is 7.47. The number of fused-ring (bicyclic) bond motifs is 2. The topological polar surface area (TPSA) is 47.0 Å². The van der Waals surface area contributed by atoms with Crippen molar-refractivity contribution in [2.75, 3.05) is 0 Å². The summed E-state index contributed by atoms with van der Waals surface area (Å²) in [5.74, 6) is -0.307. The summed E-state index contributed by atoms with van der Waals surface area (Å²) in [7, 11) is 0. The molecule has 0 atom stereocenters. The third-order valence-corrected chi connectivity index (χ3v) is 4.20. The van der Waals surface area contributed by atoms with Crippen molar-refractivity contribution in [3.8, 4) is 11.3 Å². The van der Waals surface area contributed by atoms with Crippen molar-refractivity contribution in [2.24, 2.45) is 0 Å². The lowest BCUT2D eigenvalue weighted by Crippen LogP contribution is -2.21. The van der Waals surface area contributed by atoms with Crippen LogP contribution in [0.1, 0.15) is 31.8 Å². The van der Waals surface area contributed by atoms with Gasteiger partial charge in [-0.2, -0.15) is 0 Å². The number of pyridine rings is 1. The molecule has 0 saturated heterocycles. The van der Waals surface area contributed by atoms with E-state index in [1.165, 1.54) is 6.20 Å². The second-order valence-electron chi connectivity index (χ2n) is 5.33. The molecule has 2 aromatic carbocycles. The van der Waals surface area contributed by atoms with E-state index in [-0.39, 0.29) is 11.6 Å². The molecule has 0 spiro atoms. The summed E-state index contributed by atoms with van der Waals surface area (Å²) >= 11 is 5.89. The van der Waals surface area contributed by atoms with E-state index in [9.17, 15) is 9.59 Å². The van der Waals surface area contributed by atoms with Crippen LogP contribution in [0.5, 0.6) is 0 Å². The number of nitrogens with zero attached hydrogens (tertiary/aromatic N) is 1. The highest BCUT2D eigenvalue weighted by molar-refractivity contribution is 6.30. The molecule has 110 valence electrons. The smallest absolute Gasteiger partial charge is 0.196 e. The fourth-order valence-electron chi connectivity index (χ4n) is 2.77. The molecule has 0 N–H and O–H groups in total. The maximum absolute atomic E-state index is 12.7. The van der Waals surface area contributed by atoms with Crippen LogP contribution in [0.2, 0.25) is 5.02 Å². The summed E-state index contributed by atoms with van der Waals surface area (Å²) < 4.78 is 0. The van der Waals surface area contributed by atoms with Gasteiger partial charge < -0.3 is 0 Å². The fraction of sp³-hybridized carbons (Fsp3) is 0. The summed E-state index contributed by atoms with van der Waals surface area (Å²) in [4.78, 5) is 29.6. The lowest BCUT2D eigenvalue weighted by molar-refractivity contribution is 0.0979. The van der Waals surface area contributed by atoms with Gasteiger partial charge in [0.2, 0.25) is 0 Å². The van der Waals surface area contributed by atoms with E-state index in [1.807, 2.05) is 12.1 Å². The van der Waals surface area contributed by atoms with Crippen molar-refractivity contribution in [3.05, 3.63) is 88.1 Å². The number of aromatic nitrogens is 1. The molecule has 0 fully saturated rings. The van der Waals surface area contributed by atoms with Crippen molar-refractivity contribution >= 4 is 23.2 Å². The highest BCUT2D eigenvalue weighted by Crippen LogP contribution is 2.29. The predicted molar refractivity (Wildman–Crippen MR) is 88.0 cm³/mol. The number of hydrogen-bond acceptors (Lipinski definition) is 3. The van der Waals surface area contributed by atoms with Crippen LogP contribution in [0, 0.1) is 0 Å². The Kier molecular flexibility index (Phi) is 3.10. The molecule has 23 heavy (non-hydrogen) atoms. The van der Waals surface area contributed by atoms with Crippen molar-refractivity contribution in [3.63, 3.8) is 0 Å². The lowest BCUT2D eigenvalue weighted by atomic mass is 9.84. The van der Waals surface area contributed by atoms with Gasteiger partial charge in [0, 0.05) is 33.5 Å². The molecule has 3 aromatic rings. The van der Waals surface area contributed by atoms with Crippen molar-refractivity contribution < 1.29 is 9.59 Å². The Morgan fingerprint density at radius 2 is 1.35 bits per heavy atom. The zero-order valence-corrected chi connectivity index (χ0v) is 12.7. The summed E-state index contributed by atoms with van der Waals surface area (Å²) in [5.41, 5.74) is 3.11. The standard InChI is InChI=1S/C19H10ClNO2/c20-12-7-5-11(6-8-12)17-9-15-16(10-21-17)19(23)14-4-2-1-3-13(14)18(15)22/h1-10H. The highest BCUT2D eigenvalue weighted by Gasteiger charge is 2.29. The van der Waals surface area contributed by atoms with E-state index in [0.717, 1.165) is 5.56 Å². The normalized spacial score (nSPS) is 12.7. The molecule has 1 heterocycles. The molecule has 1 aliphatic rings. The number of carbonyl (C=O) groups excluding carboxylic acids is 2. The first-order valence-electron chi connectivity index (χ1n) is 7.09. The van der Waals surface area contributed by atoms with E-state index in [1.54, 1.807) is 42.5 Å². The Morgan fingerprint density at radius 3 is 2.00 bits per heavy atom. The molecular formula is C19H10ClNO2. The van der Waals surface area contributed by atoms with Gasteiger partial charge in [-0.3, -0.25) is 14.6 Å². The Hall–Kier alpha value is -2.78. The zero-order valence-electron chi connectivity index (χ0n) is 11.9. The highest BCUT2D eigenvalue weighted by atomic mass is 35.5. The minimum absolute atomic E-state index is 0.146. The number of rotatable bonds is 1. The lowest BCUT2D eigenvalue weighted by Gasteiger charge is -2.17. The van der Waals surface area contributed by atoms with Crippen LogP contribution < -0.4 is 0 Å². The van der Waals surface area contributed by atoms with Gasteiger partial charge in [-0.15, -0.1) is 0 Å². The molecule has 0 radical (unpaired) electrons. The molecule has 1 aliphatic carbocycles. The number of ketones is 2. The summed E-state index contributed by atoms with van der Waals surface area (Å²) in [6.07, 6.45) is 1.48. The van der Waals surface area contributed by atoms with E-state index >= 15 is 0 Å². The first kappa shape index (κ1) is 13.9. The third kappa shape index (κ3) is 2.17. The average molecular weight is 320 g/mol. The van der Waals surface area contributed by atoms with E-state index in [0.29, 0.717) is 33.0 Å². The molecule has 3 nitrogen and oxygen atoms in total. The molecule has 0 unspecified atom stereocenters. The minimum atomic E-state index is -0.162. The molecule has 0 amide bonds. The van der Waals surface area contributed by atoms with Crippen molar-refractivity contribution in [1.82, 2.24) is 4.98 Å². The summed E-state index contributed by atoms with van der Waals surface area (Å²) in [6, 6.07) is 15.7. The van der Waals surface area contributed by atoms with Gasteiger partial charge in [-0.05, 0) is 18.2 Å². The molecular weight excluding hydrogens is 310 g/mol. The largest absolute Gasteiger partial charge is 0.289 e. The van der Waals surface area contributed by atoms with E-state index in [2.05, 4.69) is 4.98 Å². The van der Waals surface area contributed by atoms with Gasteiger partial charge >= 0.3 is 0 Å². The van der Waals surface area contributed by atoms with Crippen LogP contribution in [0.3, 0.4) is 0 Å². The van der Waals surface area contributed by atoms with Crippen molar-refractivity contribution in [1.29, 1.82) is 0 Å². The molecule has 0 saturated carbocycles. The van der Waals surface area contributed by atoms with E-state index in [4.69, 9.17) is 11.6 Å². The summed E-state index contributed by atoms with van der Waals surface area (Å²) in [5, 5.41) is 0.631. The molecule has 4 rings (SSSR count). The van der Waals surface area contributed by atoms with Gasteiger partial charge in [-0.25, -0.2) is 0 Å². The first-order chi connectivity index (χ1) is 11.1. The SMILES string of the molecule is O=C1c2ccccc2C(=O)c2cc(-c3ccc(Cl)cc3)ncc21. The Labute approximate surface area is 137 Å². The number of halogens is 1. The van der Waals surface area contributed by atoms with Gasteiger partial charge in [0.05, 0.1) is 11.3 Å². The van der Waals surface area contributed by atoms with Crippen LogP contribution in [-0.4, -0.2) is 16.6 Å². The number of benzene rings is 2. The Bertz CT molecular complexity index is 961. The number of carbonyl (C=O) groups is 2. The maximum atomic E-state index is 12.7. The second kappa shape index (κ2) is 5.14. The molecule has 0 aliphatic heterocycles. The second-order valence-corrected chi connectivity index (χ2v) is 5.76. The predicted octanol–water partition coefficient (Wildman–Crippen LogP) is 4.18. The van der Waals surface area contributed by atoms with Gasteiger partial charge in [0.15, 0.2) is 11.6 Å². The number of hydrogen-bond donors (Lipinski definition) is 0. The maximum Gasteiger partial charge on any atom is 0.196 e. The molecule has 0 bridgehead atoms. The van der Waals surface area contributed by atoms with Crippen LogP contribution in [0.25, 0.3) is 11.3 Å². The fourth-order valence-corrected chi connectivity index (χ4v) is 2.90. The Balaban J connectivity index is 1.88. The van der Waals surface area contributed by atoms with E-state index < -0.39 is 0 Å². The molecule has 1 aromatic heterocycles.